The number of halogens is 1. The molecule has 2 aromatic carbocycles. The van der Waals surface area contributed by atoms with Gasteiger partial charge in [-0.1, -0.05) is 34.1 Å². The second kappa shape index (κ2) is 9.00. The zero-order valence-electron chi connectivity index (χ0n) is 15.6. The van der Waals surface area contributed by atoms with Gasteiger partial charge in [0.1, 0.15) is 0 Å². The third-order valence-electron chi connectivity index (χ3n) is 4.74. The summed E-state index contributed by atoms with van der Waals surface area (Å²) in [5.74, 6) is -0.899. The molecule has 1 aliphatic rings. The van der Waals surface area contributed by atoms with Gasteiger partial charge in [-0.15, -0.1) is 0 Å². The first-order valence-electron chi connectivity index (χ1n) is 8.90. The Kier molecular flexibility index (Phi) is 6.43. The lowest BCUT2D eigenvalue weighted by molar-refractivity contribution is -0.384. The molecule has 0 N–H and O–H groups in total. The van der Waals surface area contributed by atoms with Crippen LogP contribution in [0.2, 0.25) is 0 Å². The van der Waals surface area contributed by atoms with Gasteiger partial charge in [0, 0.05) is 23.6 Å². The monoisotopic (exact) mass is 457 g/mol. The van der Waals surface area contributed by atoms with E-state index >= 15 is 0 Å². The van der Waals surface area contributed by atoms with Crippen LogP contribution in [0.25, 0.3) is 17.2 Å². The van der Waals surface area contributed by atoms with Crippen LogP contribution in [0, 0.1) is 22.1 Å². The minimum Gasteiger partial charge on any atom is -0.469 e. The summed E-state index contributed by atoms with van der Waals surface area (Å²) in [4.78, 5) is 36.8. The van der Waals surface area contributed by atoms with E-state index in [4.69, 9.17) is 4.74 Å². The van der Waals surface area contributed by atoms with E-state index in [1.54, 1.807) is 35.2 Å². The molecule has 1 amide bonds. The maximum atomic E-state index is 12.5. The number of nitro groups is 1. The molecule has 1 aliphatic heterocycles. The molecule has 149 valence electrons. The lowest BCUT2D eigenvalue weighted by atomic mass is 9.97. The van der Waals surface area contributed by atoms with Crippen molar-refractivity contribution in [1.29, 1.82) is 0 Å². The van der Waals surface area contributed by atoms with Crippen LogP contribution < -0.4 is 0 Å². The Morgan fingerprint density at radius 3 is 2.86 bits per heavy atom. The van der Waals surface area contributed by atoms with Crippen LogP contribution in [0.1, 0.15) is 12.0 Å². The fraction of sp³-hybridized carbons (Fsp3) is 0.238. The predicted octanol–water partition coefficient (Wildman–Crippen LogP) is 3.86. The number of hydrogen-bond acceptors (Lipinski definition) is 5. The number of amides is 1. The lowest BCUT2D eigenvalue weighted by Gasteiger charge is -2.13. The lowest BCUT2D eigenvalue weighted by Crippen LogP contribution is -2.28. The number of methoxy groups -OCH3 is 1. The molecular weight excluding hydrogens is 440 g/mol. The van der Waals surface area contributed by atoms with Crippen molar-refractivity contribution in [3.8, 4) is 11.1 Å². The minimum atomic E-state index is -0.489. The van der Waals surface area contributed by atoms with Gasteiger partial charge in [-0.3, -0.25) is 19.7 Å². The molecule has 1 saturated heterocycles. The van der Waals surface area contributed by atoms with Crippen LogP contribution in [0.15, 0.2) is 46.9 Å². The highest BCUT2D eigenvalue weighted by molar-refractivity contribution is 9.10. The molecule has 1 atom stereocenters. The fourth-order valence-corrected chi connectivity index (χ4v) is 3.72. The van der Waals surface area contributed by atoms with Crippen molar-refractivity contribution in [2.24, 2.45) is 5.92 Å². The van der Waals surface area contributed by atoms with Gasteiger partial charge in [0.05, 0.1) is 29.6 Å². The topological polar surface area (TPSA) is 89.8 Å². The van der Waals surface area contributed by atoms with Crippen LogP contribution in [0.5, 0.6) is 0 Å². The van der Waals surface area contributed by atoms with E-state index < -0.39 is 4.92 Å². The van der Waals surface area contributed by atoms with Gasteiger partial charge in [0.25, 0.3) is 5.69 Å². The van der Waals surface area contributed by atoms with E-state index in [-0.39, 0.29) is 23.5 Å². The number of carbonyl (C=O) groups is 2. The highest BCUT2D eigenvalue weighted by Crippen LogP contribution is 2.35. The van der Waals surface area contributed by atoms with Crippen LogP contribution >= 0.6 is 15.9 Å². The van der Waals surface area contributed by atoms with E-state index in [1.165, 1.54) is 19.3 Å². The molecule has 0 aromatic heterocycles. The third kappa shape index (κ3) is 4.71. The minimum absolute atomic E-state index is 0.162. The predicted molar refractivity (Wildman–Crippen MR) is 111 cm³/mol. The largest absolute Gasteiger partial charge is 0.469 e. The number of hydrogen-bond donors (Lipinski definition) is 0. The first-order chi connectivity index (χ1) is 13.9. The summed E-state index contributed by atoms with van der Waals surface area (Å²) in [6, 6.07) is 13.0. The molecule has 1 heterocycles. The van der Waals surface area contributed by atoms with E-state index in [2.05, 4.69) is 22.0 Å². The van der Waals surface area contributed by atoms with Gasteiger partial charge < -0.3 is 9.64 Å². The van der Waals surface area contributed by atoms with Gasteiger partial charge in [-0.2, -0.15) is 0 Å². The van der Waals surface area contributed by atoms with Crippen molar-refractivity contribution in [3.05, 3.63) is 68.7 Å². The third-order valence-corrected chi connectivity index (χ3v) is 5.24. The summed E-state index contributed by atoms with van der Waals surface area (Å²) in [6.07, 6.45) is 3.49. The number of benzene rings is 2. The van der Waals surface area contributed by atoms with Crippen molar-refractivity contribution < 1.29 is 19.2 Å². The second-order valence-electron chi connectivity index (χ2n) is 6.55. The Morgan fingerprint density at radius 1 is 1.38 bits per heavy atom. The average molecular weight is 458 g/mol. The molecule has 0 saturated carbocycles. The van der Waals surface area contributed by atoms with Crippen molar-refractivity contribution >= 4 is 39.6 Å². The number of rotatable bonds is 5. The Bertz CT molecular complexity index is 989. The first kappa shape index (κ1) is 20.7. The Morgan fingerprint density at radius 2 is 2.17 bits per heavy atom. The van der Waals surface area contributed by atoms with Crippen molar-refractivity contribution in [2.45, 2.75) is 6.42 Å². The van der Waals surface area contributed by atoms with Gasteiger partial charge in [-0.05, 0) is 41.8 Å². The summed E-state index contributed by atoms with van der Waals surface area (Å²) in [6.45, 7) is 0.765. The van der Waals surface area contributed by atoms with Crippen molar-refractivity contribution in [2.75, 3.05) is 20.2 Å². The molecule has 0 bridgehead atoms. The van der Waals surface area contributed by atoms with E-state index in [9.17, 15) is 19.7 Å². The number of likely N-dealkylation sites (tertiary alicyclic amines) is 1. The molecule has 29 heavy (non-hydrogen) atoms. The summed E-state index contributed by atoms with van der Waals surface area (Å²) >= 11 is 3.38. The summed E-state index contributed by atoms with van der Waals surface area (Å²) in [5.41, 5.74) is 1.40. The molecule has 1 fully saturated rings. The van der Waals surface area contributed by atoms with Crippen LogP contribution in [-0.2, 0) is 14.3 Å². The first-order valence-corrected chi connectivity index (χ1v) is 9.70. The van der Waals surface area contributed by atoms with Gasteiger partial charge in [0.15, 0.2) is 0 Å². The van der Waals surface area contributed by atoms with E-state index in [1.807, 2.05) is 6.07 Å². The highest BCUT2D eigenvalue weighted by atomic mass is 79.9. The number of carbonyl (C=O) groups excluding carboxylic acids is 2. The highest BCUT2D eigenvalue weighted by Gasteiger charge is 2.30. The number of nitro benzene ring substituents is 1. The van der Waals surface area contributed by atoms with Gasteiger partial charge in [-0.25, -0.2) is 0 Å². The number of ether oxygens (including phenoxy) is 1. The van der Waals surface area contributed by atoms with Crippen LogP contribution in [0.3, 0.4) is 0 Å². The summed E-state index contributed by atoms with van der Waals surface area (Å²) in [7, 11) is 1.33. The average Bonchev–Trinajstić information content (AvgIpc) is 3.21. The number of esters is 1. The molecule has 7 nitrogen and oxygen atoms in total. The summed E-state index contributed by atoms with van der Waals surface area (Å²) in [5, 5.41) is 11.5. The van der Waals surface area contributed by atoms with Crippen molar-refractivity contribution in [1.82, 2.24) is 4.90 Å². The molecule has 8 heteroatoms. The smallest absolute Gasteiger partial charge is 0.310 e. The Balaban J connectivity index is 1.89. The van der Waals surface area contributed by atoms with Gasteiger partial charge in [0.2, 0.25) is 5.91 Å². The molecule has 2 aromatic rings. The molecule has 1 unspecified atom stereocenters. The Labute approximate surface area is 176 Å². The number of nitrogens with zero attached hydrogens (tertiary/aromatic N) is 2. The standard InChI is InChI=1S/C21H18BrN2O5/c1-29-21(26)16-10-11-23(13-16)19(25)9-8-14-4-3-7-18(24(27)28)20(14)15-5-2-6-17(22)12-15/h2-6,8-9,12,16H,10-11,13H2,1H3/b9-8+. The second-order valence-corrected chi connectivity index (χ2v) is 7.47. The zero-order chi connectivity index (χ0) is 21.0. The SMILES string of the molecule is COC(=O)C1CCN(C(=O)/C=C/c2cc[c]c([N+](=O)[O-])c2-c2cccc(Br)c2)C1. The maximum Gasteiger partial charge on any atom is 0.310 e. The van der Waals surface area contributed by atoms with E-state index in [0.29, 0.717) is 36.2 Å². The maximum absolute atomic E-state index is 12.5. The summed E-state index contributed by atoms with van der Waals surface area (Å²) < 4.78 is 5.52. The van der Waals surface area contributed by atoms with Crippen LogP contribution in [0.4, 0.5) is 5.69 Å². The normalized spacial score (nSPS) is 16.2. The van der Waals surface area contributed by atoms with Crippen LogP contribution in [-0.4, -0.2) is 41.9 Å². The quantitative estimate of drug-likeness (QED) is 0.294. The van der Waals surface area contributed by atoms with Crippen molar-refractivity contribution in [3.63, 3.8) is 0 Å². The van der Waals surface area contributed by atoms with E-state index in [0.717, 1.165) is 4.47 Å². The molecule has 0 aliphatic carbocycles. The Hall–Kier alpha value is -3.00. The molecule has 0 spiro atoms. The molecule has 1 radical (unpaired) electrons. The molecular formula is C21H18BrN2O5. The van der Waals surface area contributed by atoms with Gasteiger partial charge >= 0.3 is 5.97 Å². The molecule has 3 rings (SSSR count). The zero-order valence-corrected chi connectivity index (χ0v) is 17.2. The fourth-order valence-electron chi connectivity index (χ4n) is 3.32.